The molecule has 2 atom stereocenters. The van der Waals surface area contributed by atoms with Crippen LogP contribution in [0.25, 0.3) is 10.2 Å². The highest BCUT2D eigenvalue weighted by molar-refractivity contribution is 7.16. The lowest BCUT2D eigenvalue weighted by atomic mass is 10.0. The number of aliphatic hydroxyl groups is 2. The zero-order valence-corrected chi connectivity index (χ0v) is 13.2. The van der Waals surface area contributed by atoms with Crippen LogP contribution in [0.4, 0.5) is 11.5 Å². The van der Waals surface area contributed by atoms with Crippen molar-refractivity contribution in [2.45, 2.75) is 12.1 Å². The molecule has 0 fully saturated rings. The summed E-state index contributed by atoms with van der Waals surface area (Å²) in [6.45, 7) is -0.339. The number of aliphatic hydroxyl groups excluding tert-OH is 2. The van der Waals surface area contributed by atoms with Crippen LogP contribution < -0.4 is 5.32 Å². The van der Waals surface area contributed by atoms with Gasteiger partial charge in [-0.2, -0.15) is 0 Å². The topological polar surface area (TPSA) is 121 Å². The predicted molar refractivity (Wildman–Crippen MR) is 90.0 cm³/mol. The van der Waals surface area contributed by atoms with E-state index in [0.717, 1.165) is 10.2 Å². The molecule has 0 radical (unpaired) electrons. The molecular weight excluding hydrogens is 332 g/mol. The summed E-state index contributed by atoms with van der Waals surface area (Å²) in [6.07, 6.45) is 0.355. The average Bonchev–Trinajstić information content (AvgIpc) is 3.08. The molecule has 1 aromatic carbocycles. The van der Waals surface area contributed by atoms with E-state index in [4.69, 9.17) is 0 Å². The molecule has 0 spiro atoms. The number of nitrogens with one attached hydrogen (secondary N) is 1. The Morgan fingerprint density at radius 1 is 1.25 bits per heavy atom. The Bertz CT molecular complexity index is 852. The molecule has 0 aliphatic heterocycles. The van der Waals surface area contributed by atoms with Gasteiger partial charge >= 0.3 is 0 Å². The fraction of sp³-hybridized carbons (Fsp3) is 0.200. The van der Waals surface area contributed by atoms with Crippen molar-refractivity contribution in [1.29, 1.82) is 0 Å². The molecule has 0 unspecified atom stereocenters. The quantitative estimate of drug-likeness (QED) is 0.461. The van der Waals surface area contributed by atoms with E-state index in [2.05, 4.69) is 15.3 Å². The molecule has 3 aromatic rings. The molecule has 9 heteroatoms. The molecule has 0 bridgehead atoms. The number of anilines is 1. The van der Waals surface area contributed by atoms with Gasteiger partial charge in [0.15, 0.2) is 0 Å². The molecule has 124 valence electrons. The summed E-state index contributed by atoms with van der Waals surface area (Å²) in [5.41, 5.74) is 0.401. The first kappa shape index (κ1) is 16.2. The second kappa shape index (κ2) is 6.87. The van der Waals surface area contributed by atoms with Gasteiger partial charge in [-0.25, -0.2) is 9.97 Å². The van der Waals surface area contributed by atoms with Gasteiger partial charge < -0.3 is 15.5 Å². The van der Waals surface area contributed by atoms with Gasteiger partial charge in [-0.1, -0.05) is 0 Å². The third kappa shape index (κ3) is 3.18. The van der Waals surface area contributed by atoms with Gasteiger partial charge in [0.1, 0.15) is 23.1 Å². The molecule has 24 heavy (non-hydrogen) atoms. The van der Waals surface area contributed by atoms with Crippen molar-refractivity contribution in [2.75, 3.05) is 11.9 Å². The predicted octanol–water partition coefficient (Wildman–Crippen LogP) is 2.11. The van der Waals surface area contributed by atoms with E-state index in [1.807, 2.05) is 11.4 Å². The van der Waals surface area contributed by atoms with E-state index < -0.39 is 17.1 Å². The molecule has 0 saturated carbocycles. The van der Waals surface area contributed by atoms with E-state index in [1.165, 1.54) is 41.9 Å². The Balaban J connectivity index is 1.82. The van der Waals surface area contributed by atoms with Crippen LogP contribution in [0.15, 0.2) is 42.0 Å². The van der Waals surface area contributed by atoms with Gasteiger partial charge in [-0.15, -0.1) is 11.3 Å². The van der Waals surface area contributed by atoms with Crippen molar-refractivity contribution < 1.29 is 15.1 Å². The summed E-state index contributed by atoms with van der Waals surface area (Å²) in [6, 6.07) is 6.70. The molecule has 0 aliphatic carbocycles. The summed E-state index contributed by atoms with van der Waals surface area (Å²) < 4.78 is 0. The number of aromatic nitrogens is 2. The second-order valence-electron chi connectivity index (χ2n) is 5.09. The molecule has 0 saturated heterocycles. The van der Waals surface area contributed by atoms with E-state index in [1.54, 1.807) is 0 Å². The summed E-state index contributed by atoms with van der Waals surface area (Å²) >= 11 is 1.47. The standard InChI is InChI=1S/C15H14N4O4S/c20-7-12(13(21)9-1-3-10(4-2-9)19(22)23)18-14-11-5-6-24-15(11)17-8-16-14/h1-6,8,12-13,20-21H,7H2,(H,16,17,18)/t12-,13-/m1/s1. The Kier molecular flexibility index (Phi) is 4.65. The fourth-order valence-corrected chi connectivity index (χ4v) is 3.06. The van der Waals surface area contributed by atoms with E-state index in [-0.39, 0.29) is 12.3 Å². The van der Waals surface area contributed by atoms with Gasteiger partial charge in [0.05, 0.1) is 23.0 Å². The maximum atomic E-state index is 10.7. The fourth-order valence-electron chi connectivity index (χ4n) is 2.33. The number of hydrogen-bond donors (Lipinski definition) is 3. The van der Waals surface area contributed by atoms with Crippen molar-refractivity contribution in [2.24, 2.45) is 0 Å². The molecule has 0 amide bonds. The number of nitro benzene ring substituents is 1. The maximum absolute atomic E-state index is 10.7. The SMILES string of the molecule is O=[N+]([O-])c1ccc([C@@H](O)[C@@H](CO)Nc2ncnc3sccc23)cc1. The largest absolute Gasteiger partial charge is 0.394 e. The van der Waals surface area contributed by atoms with Gasteiger partial charge in [-0.05, 0) is 29.1 Å². The first-order valence-electron chi connectivity index (χ1n) is 7.08. The number of nitro groups is 1. The number of non-ortho nitro benzene ring substituents is 1. The number of rotatable bonds is 6. The molecule has 3 N–H and O–H groups in total. The van der Waals surface area contributed by atoms with Crippen LogP contribution in [0.5, 0.6) is 0 Å². The zero-order valence-electron chi connectivity index (χ0n) is 12.4. The second-order valence-corrected chi connectivity index (χ2v) is 5.98. The van der Waals surface area contributed by atoms with Gasteiger partial charge in [0.25, 0.3) is 5.69 Å². The van der Waals surface area contributed by atoms with E-state index in [0.29, 0.717) is 11.4 Å². The molecule has 3 rings (SSSR count). The Morgan fingerprint density at radius 3 is 2.67 bits per heavy atom. The summed E-state index contributed by atoms with van der Waals surface area (Å²) in [5.74, 6) is 0.515. The van der Waals surface area contributed by atoms with E-state index >= 15 is 0 Å². The highest BCUT2D eigenvalue weighted by Gasteiger charge is 2.22. The van der Waals surface area contributed by atoms with Crippen molar-refractivity contribution in [3.05, 3.63) is 57.7 Å². The van der Waals surface area contributed by atoms with Crippen LogP contribution in [-0.2, 0) is 0 Å². The molecule has 2 heterocycles. The van der Waals surface area contributed by atoms with E-state index in [9.17, 15) is 20.3 Å². The third-order valence-electron chi connectivity index (χ3n) is 3.61. The highest BCUT2D eigenvalue weighted by atomic mass is 32.1. The maximum Gasteiger partial charge on any atom is 0.269 e. The van der Waals surface area contributed by atoms with Crippen LogP contribution in [-0.4, -0.2) is 37.8 Å². The smallest absolute Gasteiger partial charge is 0.269 e. The van der Waals surface area contributed by atoms with Crippen LogP contribution in [0.2, 0.25) is 0 Å². The number of fused-ring (bicyclic) bond motifs is 1. The average molecular weight is 346 g/mol. The first-order chi connectivity index (χ1) is 11.6. The van der Waals surface area contributed by atoms with Crippen molar-refractivity contribution >= 4 is 33.1 Å². The number of benzene rings is 1. The molecular formula is C15H14N4O4S. The minimum atomic E-state index is -1.06. The van der Waals surface area contributed by atoms with Crippen LogP contribution in [0.1, 0.15) is 11.7 Å². The van der Waals surface area contributed by atoms with Crippen LogP contribution in [0, 0.1) is 10.1 Å². The number of thiophene rings is 1. The zero-order chi connectivity index (χ0) is 17.1. The summed E-state index contributed by atoms with van der Waals surface area (Å²) in [7, 11) is 0. The van der Waals surface area contributed by atoms with Crippen molar-refractivity contribution in [3.8, 4) is 0 Å². The Hall–Kier alpha value is -2.62. The van der Waals surface area contributed by atoms with Crippen LogP contribution >= 0.6 is 11.3 Å². The Labute approximate surface area is 140 Å². The van der Waals surface area contributed by atoms with Gasteiger partial charge in [-0.3, -0.25) is 10.1 Å². The van der Waals surface area contributed by atoms with Crippen molar-refractivity contribution in [3.63, 3.8) is 0 Å². The molecule has 0 aliphatic rings. The third-order valence-corrected chi connectivity index (χ3v) is 4.43. The van der Waals surface area contributed by atoms with Gasteiger partial charge in [0.2, 0.25) is 0 Å². The molecule has 8 nitrogen and oxygen atoms in total. The lowest BCUT2D eigenvalue weighted by Gasteiger charge is -2.23. The minimum Gasteiger partial charge on any atom is -0.394 e. The summed E-state index contributed by atoms with van der Waals surface area (Å²) in [4.78, 5) is 19.3. The lowest BCUT2D eigenvalue weighted by Crippen LogP contribution is -2.31. The molecule has 2 aromatic heterocycles. The number of hydrogen-bond acceptors (Lipinski definition) is 8. The van der Waals surface area contributed by atoms with Gasteiger partial charge in [0, 0.05) is 12.1 Å². The first-order valence-corrected chi connectivity index (χ1v) is 7.96. The Morgan fingerprint density at radius 2 is 2.00 bits per heavy atom. The number of nitrogens with zero attached hydrogens (tertiary/aromatic N) is 3. The normalized spacial score (nSPS) is 13.6. The summed E-state index contributed by atoms with van der Waals surface area (Å²) in [5, 5.41) is 36.5. The van der Waals surface area contributed by atoms with Crippen LogP contribution in [0.3, 0.4) is 0 Å². The van der Waals surface area contributed by atoms with Crippen molar-refractivity contribution in [1.82, 2.24) is 9.97 Å². The highest BCUT2D eigenvalue weighted by Crippen LogP contribution is 2.27. The monoisotopic (exact) mass is 346 g/mol. The minimum absolute atomic E-state index is 0.0600. The lowest BCUT2D eigenvalue weighted by molar-refractivity contribution is -0.384.